The van der Waals surface area contributed by atoms with Crippen LogP contribution in [0.3, 0.4) is 0 Å². The summed E-state index contributed by atoms with van der Waals surface area (Å²) in [6, 6.07) is 7.46. The molecule has 160 valence electrons. The summed E-state index contributed by atoms with van der Waals surface area (Å²) >= 11 is 3.41. The number of benzene rings is 1. The minimum absolute atomic E-state index is 0.0656. The Balaban J connectivity index is 1.61. The second kappa shape index (κ2) is 9.11. The van der Waals surface area contributed by atoms with E-state index in [0.29, 0.717) is 32.7 Å². The number of carbonyl (C=O) groups is 2. The third-order valence-corrected chi connectivity index (χ3v) is 8.18. The first kappa shape index (κ1) is 22.2. The van der Waals surface area contributed by atoms with Gasteiger partial charge < -0.3 is 9.80 Å². The second-order valence-corrected chi connectivity index (χ2v) is 10.0. The molecule has 0 spiro atoms. The van der Waals surface area contributed by atoms with Gasteiger partial charge in [0.1, 0.15) is 0 Å². The van der Waals surface area contributed by atoms with E-state index in [-0.39, 0.29) is 31.3 Å². The van der Waals surface area contributed by atoms with Crippen molar-refractivity contribution in [2.75, 3.05) is 50.7 Å². The molecule has 29 heavy (non-hydrogen) atoms. The molecule has 10 heteroatoms. The van der Waals surface area contributed by atoms with E-state index in [1.54, 1.807) is 9.80 Å². The van der Waals surface area contributed by atoms with Gasteiger partial charge in [-0.25, -0.2) is 0 Å². The van der Waals surface area contributed by atoms with Crippen LogP contribution in [-0.2, 0) is 19.8 Å². The molecule has 0 saturated carbocycles. The van der Waals surface area contributed by atoms with Crippen molar-refractivity contribution in [2.24, 2.45) is 5.92 Å². The number of piperazine rings is 1. The third-order valence-electron chi connectivity index (χ3n) is 5.50. The minimum Gasteiger partial charge on any atom is -0.340 e. The maximum Gasteiger partial charge on any atom is 0.282 e. The molecule has 3 rings (SSSR count). The van der Waals surface area contributed by atoms with Crippen molar-refractivity contribution in [3.8, 4) is 0 Å². The summed E-state index contributed by atoms with van der Waals surface area (Å²) in [4.78, 5) is 28.7. The predicted molar refractivity (Wildman–Crippen MR) is 115 cm³/mol. The minimum atomic E-state index is -3.49. The van der Waals surface area contributed by atoms with Crippen LogP contribution >= 0.6 is 15.9 Å². The van der Waals surface area contributed by atoms with Crippen molar-refractivity contribution in [1.29, 1.82) is 0 Å². The third kappa shape index (κ3) is 4.65. The van der Waals surface area contributed by atoms with Gasteiger partial charge in [-0.1, -0.05) is 35.8 Å². The van der Waals surface area contributed by atoms with Gasteiger partial charge in [0, 0.05) is 62.4 Å². The lowest BCUT2D eigenvalue weighted by atomic mass is 10.1. The molecule has 0 radical (unpaired) electrons. The molecule has 0 bridgehead atoms. The van der Waals surface area contributed by atoms with Crippen LogP contribution in [0.25, 0.3) is 0 Å². The van der Waals surface area contributed by atoms with Crippen molar-refractivity contribution < 1.29 is 18.0 Å². The van der Waals surface area contributed by atoms with Crippen LogP contribution in [0.1, 0.15) is 20.3 Å². The van der Waals surface area contributed by atoms with Gasteiger partial charge >= 0.3 is 0 Å². The van der Waals surface area contributed by atoms with Gasteiger partial charge in [-0.15, -0.1) is 0 Å². The number of halogens is 1. The van der Waals surface area contributed by atoms with E-state index in [2.05, 4.69) is 15.9 Å². The van der Waals surface area contributed by atoms with Crippen LogP contribution in [0, 0.1) is 5.92 Å². The molecule has 1 aromatic carbocycles. The lowest BCUT2D eigenvalue weighted by Crippen LogP contribution is -2.55. The van der Waals surface area contributed by atoms with E-state index in [1.165, 1.54) is 8.61 Å². The Labute approximate surface area is 180 Å². The maximum atomic E-state index is 13.0. The molecule has 0 N–H and O–H groups in total. The molecule has 1 aromatic rings. The molecule has 1 atom stereocenters. The standard InChI is InChI=1S/C19H27BrN4O4S/c1-3-22(4-2)29(27,28)23-10-8-21(9-11-23)19(26)15-12-18(25)24(14-15)17-7-5-6-16(20)13-17/h5-7,13,15H,3-4,8-12,14H2,1-2H3. The highest BCUT2D eigenvalue weighted by atomic mass is 79.9. The van der Waals surface area contributed by atoms with Crippen molar-refractivity contribution in [3.05, 3.63) is 28.7 Å². The summed E-state index contributed by atoms with van der Waals surface area (Å²) < 4.78 is 29.0. The maximum absolute atomic E-state index is 13.0. The van der Waals surface area contributed by atoms with Crippen LogP contribution < -0.4 is 4.90 Å². The summed E-state index contributed by atoms with van der Waals surface area (Å²) in [5.41, 5.74) is 0.773. The Morgan fingerprint density at radius 3 is 2.41 bits per heavy atom. The number of amides is 2. The molecule has 0 aliphatic carbocycles. The van der Waals surface area contributed by atoms with Crippen molar-refractivity contribution in [1.82, 2.24) is 13.5 Å². The molecule has 2 heterocycles. The van der Waals surface area contributed by atoms with E-state index in [4.69, 9.17) is 0 Å². The molecule has 2 amide bonds. The van der Waals surface area contributed by atoms with Gasteiger partial charge in [-0.2, -0.15) is 17.0 Å². The van der Waals surface area contributed by atoms with Gasteiger partial charge in [0.15, 0.2) is 0 Å². The lowest BCUT2D eigenvalue weighted by Gasteiger charge is -2.37. The monoisotopic (exact) mass is 486 g/mol. The Bertz CT molecular complexity index is 867. The van der Waals surface area contributed by atoms with Gasteiger partial charge in [0.05, 0.1) is 5.92 Å². The molecular formula is C19H27BrN4O4S. The molecule has 2 aliphatic heterocycles. The van der Waals surface area contributed by atoms with Gasteiger partial charge in [-0.05, 0) is 18.2 Å². The van der Waals surface area contributed by atoms with Crippen LogP contribution in [-0.4, -0.2) is 79.6 Å². The first-order valence-electron chi connectivity index (χ1n) is 9.87. The summed E-state index contributed by atoms with van der Waals surface area (Å²) in [5, 5.41) is 0. The summed E-state index contributed by atoms with van der Waals surface area (Å²) in [7, 11) is -3.49. The average Bonchev–Trinajstić information content (AvgIpc) is 3.10. The summed E-state index contributed by atoms with van der Waals surface area (Å²) in [6.45, 7) is 6.08. The van der Waals surface area contributed by atoms with E-state index in [1.807, 2.05) is 38.1 Å². The molecule has 8 nitrogen and oxygen atoms in total. The first-order valence-corrected chi connectivity index (χ1v) is 12.1. The Morgan fingerprint density at radius 2 is 1.83 bits per heavy atom. The van der Waals surface area contributed by atoms with Crippen LogP contribution in [0.4, 0.5) is 5.69 Å². The highest BCUT2D eigenvalue weighted by Crippen LogP contribution is 2.28. The smallest absolute Gasteiger partial charge is 0.282 e. The highest BCUT2D eigenvalue weighted by Gasteiger charge is 2.39. The number of anilines is 1. The highest BCUT2D eigenvalue weighted by molar-refractivity contribution is 9.10. The average molecular weight is 487 g/mol. The lowest BCUT2D eigenvalue weighted by molar-refractivity contribution is -0.137. The summed E-state index contributed by atoms with van der Waals surface area (Å²) in [5.74, 6) is -0.535. The molecule has 1 unspecified atom stereocenters. The van der Waals surface area contributed by atoms with Gasteiger partial charge in [0.25, 0.3) is 10.2 Å². The fourth-order valence-corrected chi connectivity index (χ4v) is 5.87. The van der Waals surface area contributed by atoms with Crippen LogP contribution in [0.2, 0.25) is 0 Å². The predicted octanol–water partition coefficient (Wildman–Crippen LogP) is 1.53. The van der Waals surface area contributed by atoms with E-state index in [9.17, 15) is 18.0 Å². The Morgan fingerprint density at radius 1 is 1.17 bits per heavy atom. The van der Waals surface area contributed by atoms with Gasteiger partial charge in [-0.3, -0.25) is 9.59 Å². The number of carbonyl (C=O) groups excluding carboxylic acids is 2. The molecule has 2 saturated heterocycles. The number of rotatable bonds is 6. The van der Waals surface area contributed by atoms with Crippen LogP contribution in [0.5, 0.6) is 0 Å². The summed E-state index contributed by atoms with van der Waals surface area (Å²) in [6.07, 6.45) is 0.184. The zero-order valence-electron chi connectivity index (χ0n) is 16.8. The number of hydrogen-bond donors (Lipinski definition) is 0. The zero-order chi connectivity index (χ0) is 21.2. The molecular weight excluding hydrogens is 460 g/mol. The van der Waals surface area contributed by atoms with E-state index >= 15 is 0 Å². The normalized spacial score (nSPS) is 21.2. The van der Waals surface area contributed by atoms with Crippen molar-refractivity contribution in [3.63, 3.8) is 0 Å². The zero-order valence-corrected chi connectivity index (χ0v) is 19.2. The Hall–Kier alpha value is -1.49. The molecule has 2 fully saturated rings. The topological polar surface area (TPSA) is 81.2 Å². The number of nitrogens with zero attached hydrogens (tertiary/aromatic N) is 4. The second-order valence-electron chi connectivity index (χ2n) is 7.20. The fraction of sp³-hybridized carbons (Fsp3) is 0.579. The fourth-order valence-electron chi connectivity index (χ4n) is 3.88. The SMILES string of the molecule is CCN(CC)S(=O)(=O)N1CCN(C(=O)C2CC(=O)N(c3cccc(Br)c3)C2)CC1. The van der Waals surface area contributed by atoms with E-state index < -0.39 is 16.1 Å². The van der Waals surface area contributed by atoms with E-state index in [0.717, 1.165) is 10.2 Å². The molecule has 2 aliphatic rings. The van der Waals surface area contributed by atoms with Crippen molar-refractivity contribution >= 4 is 43.6 Å². The number of hydrogen-bond acceptors (Lipinski definition) is 4. The molecule has 0 aromatic heterocycles. The first-order chi connectivity index (χ1) is 13.8. The van der Waals surface area contributed by atoms with Crippen molar-refractivity contribution in [2.45, 2.75) is 20.3 Å². The van der Waals surface area contributed by atoms with Crippen LogP contribution in [0.15, 0.2) is 28.7 Å². The largest absolute Gasteiger partial charge is 0.340 e. The van der Waals surface area contributed by atoms with Gasteiger partial charge in [0.2, 0.25) is 11.8 Å². The quantitative estimate of drug-likeness (QED) is 0.610. The Kier molecular flexibility index (Phi) is 6.98.